The van der Waals surface area contributed by atoms with Crippen molar-refractivity contribution in [2.75, 3.05) is 5.32 Å². The fourth-order valence-corrected chi connectivity index (χ4v) is 4.25. The fourth-order valence-electron chi connectivity index (χ4n) is 3.97. The summed E-state index contributed by atoms with van der Waals surface area (Å²) in [7, 11) is 0. The lowest BCUT2D eigenvalue weighted by Crippen LogP contribution is -2.29. The van der Waals surface area contributed by atoms with Gasteiger partial charge in [-0.15, -0.1) is 0 Å². The molecule has 0 radical (unpaired) electrons. The summed E-state index contributed by atoms with van der Waals surface area (Å²) >= 11 is 6.31. The third kappa shape index (κ3) is 2.52. The van der Waals surface area contributed by atoms with E-state index in [1.807, 2.05) is 12.2 Å². The zero-order chi connectivity index (χ0) is 18.4. The molecule has 2 aromatic rings. The molecule has 1 N–H and O–H groups in total. The number of hydrogen-bond donors (Lipinski definition) is 1. The van der Waals surface area contributed by atoms with Gasteiger partial charge in [0.25, 0.3) is 11.4 Å². The van der Waals surface area contributed by atoms with Crippen molar-refractivity contribution in [1.29, 1.82) is 0 Å². The molecular weight excluding hydrogens is 358 g/mol. The number of nitro benzene ring substituents is 2. The topological polar surface area (TPSA) is 98.3 Å². The fraction of sp³-hybridized carbons (Fsp3) is 0.222. The lowest BCUT2D eigenvalue weighted by atomic mass is 9.76. The molecule has 1 aliphatic carbocycles. The van der Waals surface area contributed by atoms with Gasteiger partial charge in [0, 0.05) is 24.1 Å². The first-order chi connectivity index (χ1) is 12.5. The molecule has 1 aliphatic heterocycles. The molecule has 0 spiro atoms. The highest BCUT2D eigenvalue weighted by molar-refractivity contribution is 6.33. The minimum absolute atomic E-state index is 0.0293. The Morgan fingerprint density at radius 2 is 1.85 bits per heavy atom. The van der Waals surface area contributed by atoms with Gasteiger partial charge in [-0.3, -0.25) is 20.2 Å². The van der Waals surface area contributed by atoms with E-state index in [1.54, 1.807) is 18.2 Å². The van der Waals surface area contributed by atoms with Crippen molar-refractivity contribution in [3.8, 4) is 0 Å². The lowest BCUT2D eigenvalue weighted by Gasteiger charge is -2.37. The van der Waals surface area contributed by atoms with Crippen molar-refractivity contribution in [2.24, 2.45) is 5.92 Å². The molecule has 0 bridgehead atoms. The molecule has 0 saturated carbocycles. The summed E-state index contributed by atoms with van der Waals surface area (Å²) in [5, 5.41) is 26.2. The number of nitrogens with one attached hydrogen (secondary N) is 1. The Kier molecular flexibility index (Phi) is 3.88. The minimum atomic E-state index is -0.464. The van der Waals surface area contributed by atoms with E-state index in [2.05, 4.69) is 5.32 Å². The van der Waals surface area contributed by atoms with Crippen molar-refractivity contribution in [3.63, 3.8) is 0 Å². The second kappa shape index (κ2) is 6.10. The molecule has 26 heavy (non-hydrogen) atoms. The number of rotatable bonds is 3. The molecule has 0 fully saturated rings. The van der Waals surface area contributed by atoms with Gasteiger partial charge in [0.05, 0.1) is 32.2 Å². The summed E-state index contributed by atoms with van der Waals surface area (Å²) < 4.78 is 0. The van der Waals surface area contributed by atoms with E-state index >= 15 is 0 Å². The highest BCUT2D eigenvalue weighted by Gasteiger charge is 2.41. The maximum Gasteiger partial charge on any atom is 0.274 e. The maximum atomic E-state index is 11.4. The average Bonchev–Trinajstić information content (AvgIpc) is 3.11. The van der Waals surface area contributed by atoms with Crippen molar-refractivity contribution < 1.29 is 9.85 Å². The number of halogens is 1. The first-order valence-electron chi connectivity index (χ1n) is 8.11. The number of nitrogens with zero attached hydrogens (tertiary/aromatic N) is 2. The largest absolute Gasteiger partial charge is 0.376 e. The smallest absolute Gasteiger partial charge is 0.274 e. The zero-order valence-corrected chi connectivity index (χ0v) is 14.2. The van der Waals surface area contributed by atoms with Crippen LogP contribution in [0.2, 0.25) is 5.02 Å². The molecule has 0 aromatic heterocycles. The molecule has 0 amide bonds. The van der Waals surface area contributed by atoms with Crippen LogP contribution >= 0.6 is 11.6 Å². The molecule has 3 atom stereocenters. The van der Waals surface area contributed by atoms with Crippen LogP contribution < -0.4 is 5.32 Å². The number of non-ortho nitro benzene ring substituents is 1. The molecule has 1 heterocycles. The van der Waals surface area contributed by atoms with Crippen LogP contribution in [0.15, 0.2) is 48.6 Å². The Balaban J connectivity index is 1.86. The van der Waals surface area contributed by atoms with Gasteiger partial charge in [0.15, 0.2) is 0 Å². The molecule has 0 saturated heterocycles. The summed E-state index contributed by atoms with van der Waals surface area (Å²) in [6, 6.07) is 9.19. The third-order valence-electron chi connectivity index (χ3n) is 5.08. The summed E-state index contributed by atoms with van der Waals surface area (Å²) in [5.74, 6) is -0.0462. The summed E-state index contributed by atoms with van der Waals surface area (Å²) in [4.78, 5) is 21.8. The van der Waals surface area contributed by atoms with E-state index in [-0.39, 0.29) is 39.2 Å². The van der Waals surface area contributed by atoms with Crippen LogP contribution in [-0.4, -0.2) is 9.85 Å². The van der Waals surface area contributed by atoms with Crippen LogP contribution in [0.25, 0.3) is 0 Å². The number of allylic oxidation sites excluding steroid dienone is 2. The number of fused-ring (bicyclic) bond motifs is 3. The Morgan fingerprint density at radius 1 is 1.08 bits per heavy atom. The van der Waals surface area contributed by atoms with Gasteiger partial charge in [0.2, 0.25) is 0 Å². The van der Waals surface area contributed by atoms with E-state index in [4.69, 9.17) is 11.6 Å². The molecule has 4 rings (SSSR count). The predicted molar refractivity (Wildman–Crippen MR) is 97.6 cm³/mol. The van der Waals surface area contributed by atoms with E-state index < -0.39 is 4.92 Å². The summed E-state index contributed by atoms with van der Waals surface area (Å²) in [5.41, 5.74) is 1.96. The minimum Gasteiger partial charge on any atom is -0.376 e. The second-order valence-corrected chi connectivity index (χ2v) is 6.85. The van der Waals surface area contributed by atoms with E-state index in [0.717, 1.165) is 12.0 Å². The van der Waals surface area contributed by atoms with Gasteiger partial charge in [0.1, 0.15) is 0 Å². The van der Waals surface area contributed by atoms with Gasteiger partial charge in [-0.05, 0) is 17.9 Å². The SMILES string of the molecule is O=[N+]([O-])c1cc(Cl)c2c(c1)[C@@H]1C=CC[C@H]1[C@@H](c1ccccc1[N+](=O)[O-])N2. The molecule has 2 aliphatic rings. The predicted octanol–water partition coefficient (Wildman–Crippen LogP) is 4.98. The van der Waals surface area contributed by atoms with Crippen LogP contribution in [0.5, 0.6) is 0 Å². The van der Waals surface area contributed by atoms with Gasteiger partial charge in [-0.25, -0.2) is 0 Å². The van der Waals surface area contributed by atoms with Crippen LogP contribution in [0.1, 0.15) is 29.5 Å². The number of nitro groups is 2. The van der Waals surface area contributed by atoms with Gasteiger partial charge >= 0.3 is 0 Å². The van der Waals surface area contributed by atoms with Crippen molar-refractivity contribution in [3.05, 3.63) is 84.9 Å². The highest BCUT2D eigenvalue weighted by Crippen LogP contribution is 2.53. The maximum absolute atomic E-state index is 11.4. The van der Waals surface area contributed by atoms with Gasteiger partial charge < -0.3 is 5.32 Å². The quantitative estimate of drug-likeness (QED) is 0.466. The Morgan fingerprint density at radius 3 is 2.58 bits per heavy atom. The molecule has 132 valence electrons. The molecule has 0 unspecified atom stereocenters. The summed E-state index contributed by atoms with van der Waals surface area (Å²) in [6.45, 7) is 0. The van der Waals surface area contributed by atoms with Crippen LogP contribution in [0.4, 0.5) is 17.1 Å². The van der Waals surface area contributed by atoms with E-state index in [9.17, 15) is 20.2 Å². The second-order valence-electron chi connectivity index (χ2n) is 6.44. The number of anilines is 1. The van der Waals surface area contributed by atoms with Gasteiger partial charge in [-0.1, -0.05) is 42.0 Å². The molecule has 8 heteroatoms. The third-order valence-corrected chi connectivity index (χ3v) is 5.38. The monoisotopic (exact) mass is 371 g/mol. The molecule has 7 nitrogen and oxygen atoms in total. The first kappa shape index (κ1) is 16.5. The number of benzene rings is 2. The zero-order valence-electron chi connectivity index (χ0n) is 13.5. The van der Waals surface area contributed by atoms with Crippen LogP contribution in [0, 0.1) is 26.1 Å². The van der Waals surface area contributed by atoms with Crippen LogP contribution in [0.3, 0.4) is 0 Å². The normalized spacial score (nSPS) is 23.0. The molecular formula is C18H14ClN3O4. The summed E-state index contributed by atoms with van der Waals surface area (Å²) in [6.07, 6.45) is 4.75. The number of para-hydroxylation sites is 1. The van der Waals surface area contributed by atoms with Crippen molar-refractivity contribution in [2.45, 2.75) is 18.4 Å². The van der Waals surface area contributed by atoms with E-state index in [1.165, 1.54) is 18.2 Å². The van der Waals surface area contributed by atoms with Crippen molar-refractivity contribution >= 4 is 28.7 Å². The standard InChI is InChI=1S/C18H14ClN3O4/c19-15-9-10(21(23)24)8-14-11-5-3-6-12(11)17(20-18(14)15)13-4-1-2-7-16(13)22(25)26/h1-5,7-9,11-12,17,20H,6H2/t11-,12-,17+/m1/s1. The lowest BCUT2D eigenvalue weighted by molar-refractivity contribution is -0.385. The Hall–Kier alpha value is -2.93. The van der Waals surface area contributed by atoms with Crippen LogP contribution in [-0.2, 0) is 0 Å². The Bertz CT molecular complexity index is 959. The van der Waals surface area contributed by atoms with Crippen molar-refractivity contribution in [1.82, 2.24) is 0 Å². The highest BCUT2D eigenvalue weighted by atomic mass is 35.5. The van der Waals surface area contributed by atoms with Gasteiger partial charge in [-0.2, -0.15) is 0 Å². The molecule has 2 aromatic carbocycles. The van der Waals surface area contributed by atoms with E-state index in [0.29, 0.717) is 11.3 Å². The number of hydrogen-bond acceptors (Lipinski definition) is 5. The Labute approximate surface area is 153 Å². The first-order valence-corrected chi connectivity index (χ1v) is 8.49. The average molecular weight is 372 g/mol.